The number of fused-ring (bicyclic) bond motifs is 1. The highest BCUT2D eigenvalue weighted by molar-refractivity contribution is 5.77. The Morgan fingerprint density at radius 3 is 2.45 bits per heavy atom. The van der Waals surface area contributed by atoms with Gasteiger partial charge in [0.25, 0.3) is 0 Å². The van der Waals surface area contributed by atoms with Crippen molar-refractivity contribution in [3.05, 3.63) is 29.8 Å². The summed E-state index contributed by atoms with van der Waals surface area (Å²) in [5, 5.41) is 12.8. The fourth-order valence-electron chi connectivity index (χ4n) is 5.81. The molecule has 2 N–H and O–H groups in total. The molecule has 0 aromatic heterocycles. The van der Waals surface area contributed by atoms with Gasteiger partial charge in [0.15, 0.2) is 0 Å². The molecule has 0 radical (unpaired) electrons. The third-order valence-electron chi connectivity index (χ3n) is 7.65. The average Bonchev–Trinajstić information content (AvgIpc) is 3.38. The summed E-state index contributed by atoms with van der Waals surface area (Å²) in [5.74, 6) is 0.354. The van der Waals surface area contributed by atoms with Gasteiger partial charge in [0.05, 0.1) is 6.04 Å². The molecule has 5 atom stereocenters. The predicted molar refractivity (Wildman–Crippen MR) is 125 cm³/mol. The molecule has 5 rings (SSSR count). The largest absolute Gasteiger partial charge is 0.444 e. The van der Waals surface area contributed by atoms with E-state index in [1.54, 1.807) is 0 Å². The molecule has 1 aromatic rings. The highest BCUT2D eigenvalue weighted by Crippen LogP contribution is 2.45. The van der Waals surface area contributed by atoms with E-state index in [2.05, 4.69) is 46.3 Å². The average molecular weight is 457 g/mol. The maximum atomic E-state index is 12.6. The number of nitrogens with zero attached hydrogens (tertiary/aromatic N) is 3. The van der Waals surface area contributed by atoms with E-state index in [4.69, 9.17) is 4.74 Å². The maximum Gasteiger partial charge on any atom is 0.410 e. The molecule has 0 bridgehead atoms. The Bertz CT molecular complexity index is 908. The van der Waals surface area contributed by atoms with Gasteiger partial charge in [-0.1, -0.05) is 19.1 Å². The van der Waals surface area contributed by atoms with Crippen molar-refractivity contribution in [2.24, 2.45) is 5.92 Å². The van der Waals surface area contributed by atoms with E-state index >= 15 is 0 Å². The van der Waals surface area contributed by atoms with Crippen LogP contribution in [0.5, 0.6) is 0 Å². The second kappa shape index (κ2) is 8.17. The summed E-state index contributed by atoms with van der Waals surface area (Å²) in [6.45, 7) is 11.6. The Morgan fingerprint density at radius 1 is 1.12 bits per heavy atom. The van der Waals surface area contributed by atoms with Crippen LogP contribution < -0.4 is 10.2 Å². The number of benzene rings is 1. The summed E-state index contributed by atoms with van der Waals surface area (Å²) in [6.07, 6.45) is 0.144. The van der Waals surface area contributed by atoms with Gasteiger partial charge in [-0.2, -0.15) is 0 Å². The molecule has 1 saturated carbocycles. The van der Waals surface area contributed by atoms with Crippen LogP contribution in [0.3, 0.4) is 0 Å². The van der Waals surface area contributed by atoms with Crippen molar-refractivity contribution in [2.45, 2.75) is 76.4 Å². The van der Waals surface area contributed by atoms with Crippen LogP contribution in [0, 0.1) is 5.92 Å². The summed E-state index contributed by atoms with van der Waals surface area (Å²) < 4.78 is 5.62. The second-order valence-corrected chi connectivity index (χ2v) is 11.1. The Balaban J connectivity index is 1.15. The molecule has 3 heterocycles. The molecule has 33 heavy (non-hydrogen) atoms. The van der Waals surface area contributed by atoms with Crippen molar-refractivity contribution < 1.29 is 19.4 Å². The topological polar surface area (TPSA) is 85.4 Å². The summed E-state index contributed by atoms with van der Waals surface area (Å²) in [6, 6.07) is 9.61. The van der Waals surface area contributed by atoms with E-state index < -0.39 is 11.8 Å². The standard InChI is InChI=1S/C25H36N4O4/c1-15-21-22(15)29(24(32)33-25(2,3)4)12-11-28(21)18-13-27(14-18)17-7-5-16(6-8-17)19-9-10-20(30)26-23(19)31/h5-8,15,18-19,21-23,31H,9-14H2,1-4H3,(H,26,30)/t15-,19?,21+,22-,23?/m0/s1. The number of ether oxygens (including phenoxy) is 1. The van der Waals surface area contributed by atoms with Gasteiger partial charge in [-0.05, 0) is 50.8 Å². The first kappa shape index (κ1) is 22.5. The molecular weight excluding hydrogens is 420 g/mol. The number of aliphatic hydroxyl groups is 1. The van der Waals surface area contributed by atoms with Crippen molar-refractivity contribution in [3.63, 3.8) is 0 Å². The first-order valence-electron chi connectivity index (χ1n) is 12.2. The van der Waals surface area contributed by atoms with Crippen LogP contribution in [0.15, 0.2) is 24.3 Å². The lowest BCUT2D eigenvalue weighted by atomic mass is 9.89. The molecule has 3 saturated heterocycles. The van der Waals surface area contributed by atoms with Gasteiger partial charge >= 0.3 is 6.09 Å². The van der Waals surface area contributed by atoms with Crippen LogP contribution in [0.4, 0.5) is 10.5 Å². The van der Waals surface area contributed by atoms with Gasteiger partial charge < -0.3 is 25.0 Å². The zero-order chi connectivity index (χ0) is 23.5. The Kier molecular flexibility index (Phi) is 5.56. The van der Waals surface area contributed by atoms with Crippen LogP contribution in [-0.2, 0) is 9.53 Å². The van der Waals surface area contributed by atoms with Gasteiger partial charge in [-0.25, -0.2) is 4.79 Å². The zero-order valence-corrected chi connectivity index (χ0v) is 20.0. The van der Waals surface area contributed by atoms with Gasteiger partial charge in [-0.15, -0.1) is 0 Å². The summed E-state index contributed by atoms with van der Waals surface area (Å²) in [7, 11) is 0. The molecule has 4 fully saturated rings. The summed E-state index contributed by atoms with van der Waals surface area (Å²) >= 11 is 0. The number of carbonyl (C=O) groups is 2. The first-order chi connectivity index (χ1) is 15.6. The van der Waals surface area contributed by atoms with Crippen molar-refractivity contribution in [3.8, 4) is 0 Å². The van der Waals surface area contributed by atoms with Crippen molar-refractivity contribution in [2.75, 3.05) is 31.1 Å². The van der Waals surface area contributed by atoms with E-state index in [-0.39, 0.29) is 24.0 Å². The third kappa shape index (κ3) is 4.30. The number of hydrogen-bond donors (Lipinski definition) is 2. The van der Waals surface area contributed by atoms with Gasteiger partial charge in [-0.3, -0.25) is 9.69 Å². The van der Waals surface area contributed by atoms with Crippen LogP contribution >= 0.6 is 0 Å². The zero-order valence-electron chi connectivity index (χ0n) is 20.0. The number of piperazine rings is 1. The molecule has 0 spiro atoms. The molecular formula is C25H36N4O4. The lowest BCUT2D eigenvalue weighted by Crippen LogP contribution is -2.64. The Hall–Kier alpha value is -2.32. The highest BCUT2D eigenvalue weighted by Gasteiger charge is 2.60. The number of carbonyl (C=O) groups excluding carboxylic acids is 2. The normalized spacial score (nSPS) is 32.6. The lowest BCUT2D eigenvalue weighted by molar-refractivity contribution is -0.127. The molecule has 180 valence electrons. The van der Waals surface area contributed by atoms with E-state index in [1.165, 1.54) is 5.69 Å². The number of anilines is 1. The van der Waals surface area contributed by atoms with Crippen LogP contribution in [0.1, 0.15) is 52.0 Å². The van der Waals surface area contributed by atoms with E-state index in [0.717, 1.165) is 31.7 Å². The molecule has 1 aromatic carbocycles. The number of amides is 2. The minimum Gasteiger partial charge on any atom is -0.444 e. The smallest absolute Gasteiger partial charge is 0.410 e. The Morgan fingerprint density at radius 2 is 1.82 bits per heavy atom. The fourth-order valence-corrected chi connectivity index (χ4v) is 5.81. The molecule has 8 nitrogen and oxygen atoms in total. The van der Waals surface area contributed by atoms with E-state index in [0.29, 0.717) is 30.8 Å². The fraction of sp³-hybridized carbons (Fsp3) is 0.680. The Labute approximate surface area is 195 Å². The van der Waals surface area contributed by atoms with E-state index in [9.17, 15) is 14.7 Å². The number of hydrogen-bond acceptors (Lipinski definition) is 6. The van der Waals surface area contributed by atoms with Crippen LogP contribution in [0.25, 0.3) is 0 Å². The third-order valence-corrected chi connectivity index (χ3v) is 7.65. The van der Waals surface area contributed by atoms with E-state index in [1.807, 2.05) is 25.7 Å². The molecule has 8 heteroatoms. The molecule has 2 unspecified atom stereocenters. The number of piperidine rings is 1. The minimum atomic E-state index is -0.807. The number of rotatable bonds is 3. The number of aliphatic hydroxyl groups excluding tert-OH is 1. The predicted octanol–water partition coefficient (Wildman–Crippen LogP) is 2.13. The minimum absolute atomic E-state index is 0.0459. The summed E-state index contributed by atoms with van der Waals surface area (Å²) in [5.41, 5.74) is 1.79. The molecule has 3 aliphatic heterocycles. The maximum absolute atomic E-state index is 12.6. The van der Waals surface area contributed by atoms with Crippen LogP contribution in [0.2, 0.25) is 0 Å². The van der Waals surface area contributed by atoms with Crippen LogP contribution in [-0.4, -0.2) is 83.0 Å². The van der Waals surface area contributed by atoms with Gasteiger partial charge in [0, 0.05) is 56.3 Å². The molecule has 4 aliphatic rings. The monoisotopic (exact) mass is 456 g/mol. The first-order valence-corrected chi connectivity index (χ1v) is 12.2. The van der Waals surface area contributed by atoms with Crippen molar-refractivity contribution >= 4 is 17.7 Å². The summed E-state index contributed by atoms with van der Waals surface area (Å²) in [4.78, 5) is 31.0. The SMILES string of the molecule is C[C@@H]1[C@H]2[C@@H]1N(C1CN(c3ccc(C4CCC(=O)NC4O)cc3)C1)CCN2C(=O)OC(C)(C)C. The molecule has 1 aliphatic carbocycles. The highest BCUT2D eigenvalue weighted by atomic mass is 16.6. The van der Waals surface area contributed by atoms with Gasteiger partial charge in [0.1, 0.15) is 11.8 Å². The quantitative estimate of drug-likeness (QED) is 0.725. The second-order valence-electron chi connectivity index (χ2n) is 11.1. The van der Waals surface area contributed by atoms with Crippen molar-refractivity contribution in [1.82, 2.24) is 15.1 Å². The lowest BCUT2D eigenvalue weighted by Gasteiger charge is -2.49. The molecule has 2 amide bonds. The van der Waals surface area contributed by atoms with Gasteiger partial charge in [0.2, 0.25) is 5.91 Å². The number of nitrogens with one attached hydrogen (secondary N) is 1. The van der Waals surface area contributed by atoms with Crippen molar-refractivity contribution in [1.29, 1.82) is 0 Å².